The van der Waals surface area contributed by atoms with Crippen LogP contribution in [0.2, 0.25) is 5.02 Å². The van der Waals surface area contributed by atoms with Crippen LogP contribution < -0.4 is 0 Å². The summed E-state index contributed by atoms with van der Waals surface area (Å²) in [6.45, 7) is 2.94. The first-order chi connectivity index (χ1) is 11.5. The third-order valence-corrected chi connectivity index (χ3v) is 4.30. The number of ether oxygens (including phenoxy) is 1. The minimum atomic E-state index is -0.452. The monoisotopic (exact) mass is 347 g/mol. The molecular formula is C17H18ClN3O3. The van der Waals surface area contributed by atoms with E-state index in [1.807, 2.05) is 0 Å². The van der Waals surface area contributed by atoms with Crippen LogP contribution in [-0.4, -0.2) is 39.7 Å². The molecule has 0 N–H and O–H groups in total. The zero-order valence-corrected chi connectivity index (χ0v) is 14.3. The second kappa shape index (κ2) is 6.65. The number of rotatable bonds is 3. The zero-order valence-electron chi connectivity index (χ0n) is 13.6. The predicted octanol–water partition coefficient (Wildman–Crippen LogP) is 2.45. The maximum absolute atomic E-state index is 12.7. The van der Waals surface area contributed by atoms with E-state index < -0.39 is 5.97 Å². The van der Waals surface area contributed by atoms with Crippen LogP contribution in [0, 0.1) is 0 Å². The van der Waals surface area contributed by atoms with Gasteiger partial charge in [-0.3, -0.25) is 9.48 Å². The van der Waals surface area contributed by atoms with E-state index in [4.69, 9.17) is 16.3 Å². The molecule has 0 radical (unpaired) electrons. The fraction of sp³-hybridized carbons (Fsp3) is 0.353. The van der Waals surface area contributed by atoms with E-state index in [9.17, 15) is 9.59 Å². The molecule has 24 heavy (non-hydrogen) atoms. The minimum absolute atomic E-state index is 0.109. The summed E-state index contributed by atoms with van der Waals surface area (Å²) in [5.74, 6) is -0.562. The van der Waals surface area contributed by atoms with Gasteiger partial charge >= 0.3 is 5.97 Å². The fourth-order valence-corrected chi connectivity index (χ4v) is 3.12. The molecule has 0 fully saturated rings. The molecule has 1 aromatic carbocycles. The number of halogens is 1. The van der Waals surface area contributed by atoms with Gasteiger partial charge < -0.3 is 9.64 Å². The van der Waals surface area contributed by atoms with E-state index in [1.165, 1.54) is 0 Å². The molecule has 1 aliphatic heterocycles. The van der Waals surface area contributed by atoms with Crippen molar-refractivity contribution in [3.63, 3.8) is 0 Å². The number of amides is 1. The fourth-order valence-electron chi connectivity index (χ4n) is 2.93. The van der Waals surface area contributed by atoms with Crippen molar-refractivity contribution in [3.05, 3.63) is 51.8 Å². The van der Waals surface area contributed by atoms with Gasteiger partial charge in [0.05, 0.1) is 13.2 Å². The van der Waals surface area contributed by atoms with Gasteiger partial charge in [0.25, 0.3) is 5.91 Å². The number of carbonyl (C=O) groups excluding carboxylic acids is 2. The van der Waals surface area contributed by atoms with Gasteiger partial charge in [-0.25, -0.2) is 4.79 Å². The van der Waals surface area contributed by atoms with Gasteiger partial charge in [-0.05, 0) is 25.1 Å². The Balaban J connectivity index is 1.88. The van der Waals surface area contributed by atoms with Gasteiger partial charge in [-0.2, -0.15) is 5.10 Å². The number of hydrogen-bond donors (Lipinski definition) is 0. The molecule has 0 saturated heterocycles. The van der Waals surface area contributed by atoms with Gasteiger partial charge in [-0.15, -0.1) is 0 Å². The van der Waals surface area contributed by atoms with Gasteiger partial charge in [0.2, 0.25) is 0 Å². The third kappa shape index (κ3) is 3.01. The number of aryl methyl sites for hydroxylation is 1. The summed E-state index contributed by atoms with van der Waals surface area (Å²) >= 11 is 5.97. The number of benzene rings is 1. The van der Waals surface area contributed by atoms with Crippen LogP contribution in [0.4, 0.5) is 0 Å². The Bertz CT molecular complexity index is 800. The molecule has 0 saturated carbocycles. The highest BCUT2D eigenvalue weighted by molar-refractivity contribution is 6.30. The molecular weight excluding hydrogens is 330 g/mol. The van der Waals surface area contributed by atoms with E-state index in [1.54, 1.807) is 47.8 Å². The molecule has 0 unspecified atom stereocenters. The molecule has 6 nitrogen and oxygen atoms in total. The summed E-state index contributed by atoms with van der Waals surface area (Å²) in [6, 6.07) is 6.86. The highest BCUT2D eigenvalue weighted by Crippen LogP contribution is 2.24. The van der Waals surface area contributed by atoms with Crippen molar-refractivity contribution in [1.82, 2.24) is 14.7 Å². The van der Waals surface area contributed by atoms with Crippen LogP contribution in [0.3, 0.4) is 0 Å². The summed E-state index contributed by atoms with van der Waals surface area (Å²) in [4.78, 5) is 26.5. The lowest BCUT2D eigenvalue weighted by Gasteiger charge is -2.27. The maximum atomic E-state index is 12.7. The number of aromatic nitrogens is 2. The van der Waals surface area contributed by atoms with Crippen molar-refractivity contribution in [2.75, 3.05) is 13.2 Å². The van der Waals surface area contributed by atoms with Crippen LogP contribution >= 0.6 is 11.6 Å². The lowest BCUT2D eigenvalue weighted by Crippen LogP contribution is -2.36. The van der Waals surface area contributed by atoms with Crippen LogP contribution in [0.15, 0.2) is 24.3 Å². The number of hydrogen-bond acceptors (Lipinski definition) is 4. The van der Waals surface area contributed by atoms with Crippen molar-refractivity contribution in [3.8, 4) is 0 Å². The molecule has 0 bridgehead atoms. The van der Waals surface area contributed by atoms with Crippen molar-refractivity contribution in [2.45, 2.75) is 19.9 Å². The molecule has 126 valence electrons. The maximum Gasteiger partial charge on any atom is 0.359 e. The Morgan fingerprint density at radius 3 is 2.88 bits per heavy atom. The molecule has 0 atom stereocenters. The SMILES string of the molecule is CCOC(=O)c1nn(C)c2c1CN(C(=O)c1cccc(Cl)c1)CC2. The van der Waals surface area contributed by atoms with Crippen molar-refractivity contribution < 1.29 is 14.3 Å². The van der Waals surface area contributed by atoms with Crippen LogP contribution in [0.1, 0.15) is 39.0 Å². The molecule has 1 aromatic heterocycles. The van der Waals surface area contributed by atoms with Crippen LogP contribution in [-0.2, 0) is 24.8 Å². The standard InChI is InChI=1S/C17H18ClN3O3/c1-3-24-17(23)15-13-10-21(8-7-14(13)20(2)19-15)16(22)11-5-4-6-12(18)9-11/h4-6,9H,3,7-8,10H2,1-2H3. The Hall–Kier alpha value is -2.34. The smallest absolute Gasteiger partial charge is 0.359 e. The van der Waals surface area contributed by atoms with E-state index in [0.29, 0.717) is 30.1 Å². The quantitative estimate of drug-likeness (QED) is 0.800. The lowest BCUT2D eigenvalue weighted by atomic mass is 10.0. The van der Waals surface area contributed by atoms with Crippen molar-refractivity contribution >= 4 is 23.5 Å². The van der Waals surface area contributed by atoms with E-state index in [0.717, 1.165) is 11.3 Å². The molecule has 1 amide bonds. The summed E-state index contributed by atoms with van der Waals surface area (Å²) in [7, 11) is 1.80. The predicted molar refractivity (Wildman–Crippen MR) is 89.1 cm³/mol. The first-order valence-electron chi connectivity index (χ1n) is 7.78. The van der Waals surface area contributed by atoms with Crippen LogP contribution in [0.5, 0.6) is 0 Å². The highest BCUT2D eigenvalue weighted by Gasteiger charge is 2.30. The molecule has 2 heterocycles. The molecule has 2 aromatic rings. The second-order valence-corrected chi connectivity index (χ2v) is 6.04. The Labute approximate surface area is 145 Å². The minimum Gasteiger partial charge on any atom is -0.461 e. The Morgan fingerprint density at radius 1 is 1.38 bits per heavy atom. The number of esters is 1. The molecule has 3 rings (SSSR count). The normalized spacial score (nSPS) is 13.5. The Morgan fingerprint density at radius 2 is 2.17 bits per heavy atom. The van der Waals surface area contributed by atoms with E-state index in [-0.39, 0.29) is 18.2 Å². The first kappa shape index (κ1) is 16.5. The zero-order chi connectivity index (χ0) is 17.3. The number of carbonyl (C=O) groups is 2. The highest BCUT2D eigenvalue weighted by atomic mass is 35.5. The lowest BCUT2D eigenvalue weighted by molar-refractivity contribution is 0.0513. The summed E-state index contributed by atoms with van der Waals surface area (Å²) in [6.07, 6.45) is 0.643. The average Bonchev–Trinajstić information content (AvgIpc) is 2.91. The van der Waals surface area contributed by atoms with Gasteiger partial charge in [0.15, 0.2) is 5.69 Å². The van der Waals surface area contributed by atoms with E-state index >= 15 is 0 Å². The number of nitrogens with zero attached hydrogens (tertiary/aromatic N) is 3. The van der Waals surface area contributed by atoms with Gasteiger partial charge in [0, 0.05) is 41.9 Å². The second-order valence-electron chi connectivity index (χ2n) is 5.60. The summed E-state index contributed by atoms with van der Waals surface area (Å²) in [5, 5.41) is 4.79. The van der Waals surface area contributed by atoms with Crippen molar-refractivity contribution in [2.24, 2.45) is 7.05 Å². The van der Waals surface area contributed by atoms with Crippen molar-refractivity contribution in [1.29, 1.82) is 0 Å². The van der Waals surface area contributed by atoms with Gasteiger partial charge in [-0.1, -0.05) is 17.7 Å². The molecule has 0 spiro atoms. The molecule has 1 aliphatic rings. The van der Waals surface area contributed by atoms with E-state index in [2.05, 4.69) is 5.10 Å². The molecule has 0 aliphatic carbocycles. The topological polar surface area (TPSA) is 64.4 Å². The number of fused-ring (bicyclic) bond motifs is 1. The Kier molecular flexibility index (Phi) is 4.57. The molecule has 7 heteroatoms. The largest absolute Gasteiger partial charge is 0.461 e. The average molecular weight is 348 g/mol. The third-order valence-electron chi connectivity index (χ3n) is 4.07. The summed E-state index contributed by atoms with van der Waals surface area (Å²) < 4.78 is 6.76. The first-order valence-corrected chi connectivity index (χ1v) is 8.15. The summed E-state index contributed by atoms with van der Waals surface area (Å²) in [5.41, 5.74) is 2.55. The van der Waals surface area contributed by atoms with Crippen LogP contribution in [0.25, 0.3) is 0 Å². The van der Waals surface area contributed by atoms with Gasteiger partial charge in [0.1, 0.15) is 0 Å².